The first kappa shape index (κ1) is 29.6. The van der Waals surface area contributed by atoms with E-state index in [1.165, 1.54) is 38.5 Å². The molecule has 3 aliphatic heterocycles. The summed E-state index contributed by atoms with van der Waals surface area (Å²) in [7, 11) is 0. The number of nitriles is 1. The summed E-state index contributed by atoms with van der Waals surface area (Å²) in [6, 6.07) is 2.94. The van der Waals surface area contributed by atoms with Gasteiger partial charge in [-0.3, -0.25) is 4.90 Å². The third kappa shape index (κ3) is 4.18. The molecule has 0 aromatic carbocycles. The lowest BCUT2D eigenvalue weighted by atomic mass is 9.46. The van der Waals surface area contributed by atoms with Crippen molar-refractivity contribution >= 4 is 0 Å². The molecule has 3 saturated heterocycles. The summed E-state index contributed by atoms with van der Waals surface area (Å²) in [5, 5.41) is 20.6. The normalized spacial score (nSPS) is 51.5. The topological polar surface area (TPSA) is 84.2 Å². The number of hydrogen-bond acceptors (Lipinski definition) is 7. The lowest BCUT2D eigenvalue weighted by molar-refractivity contribution is -0.253. The molecule has 5 aliphatic carbocycles. The number of morpholine rings is 1. The van der Waals surface area contributed by atoms with E-state index in [4.69, 9.17) is 18.9 Å². The van der Waals surface area contributed by atoms with Crippen LogP contribution in [0.2, 0.25) is 0 Å². The van der Waals surface area contributed by atoms with E-state index in [0.29, 0.717) is 28.2 Å². The summed E-state index contributed by atoms with van der Waals surface area (Å²) in [6.07, 6.45) is 12.8. The van der Waals surface area contributed by atoms with Gasteiger partial charge in [0.1, 0.15) is 5.92 Å². The minimum absolute atomic E-state index is 0. The van der Waals surface area contributed by atoms with Gasteiger partial charge in [-0.2, -0.15) is 5.26 Å². The Morgan fingerprint density at radius 3 is 2.51 bits per heavy atom. The van der Waals surface area contributed by atoms with Gasteiger partial charge in [0.15, 0.2) is 6.29 Å². The van der Waals surface area contributed by atoms with E-state index in [1.807, 2.05) is 0 Å². The van der Waals surface area contributed by atoms with E-state index < -0.39 is 11.5 Å². The molecule has 0 radical (unpaired) electrons. The van der Waals surface area contributed by atoms with Crippen molar-refractivity contribution in [3.8, 4) is 6.07 Å². The van der Waals surface area contributed by atoms with Gasteiger partial charge in [-0.1, -0.05) is 20.8 Å². The second-order valence-electron chi connectivity index (χ2n) is 17.7. The zero-order valence-corrected chi connectivity index (χ0v) is 27.4. The predicted octanol–water partition coefficient (Wildman–Crippen LogP) is 5.79. The zero-order valence-electron chi connectivity index (χ0n) is 27.4. The van der Waals surface area contributed by atoms with Crippen molar-refractivity contribution in [1.29, 1.82) is 5.26 Å². The van der Waals surface area contributed by atoms with Gasteiger partial charge in [0.05, 0.1) is 62.4 Å². The Morgan fingerprint density at radius 2 is 1.79 bits per heavy atom. The zero-order chi connectivity index (χ0) is 30.0. The fourth-order valence-electron chi connectivity index (χ4n) is 13.1. The Kier molecular flexibility index (Phi) is 6.81. The number of nitrogens with zero attached hydrogens (tertiary/aromatic N) is 2. The monoisotopic (exact) mass is 598 g/mol. The molecule has 0 aromatic heterocycles. The molecule has 242 valence electrons. The maximum Gasteiger partial charge on any atom is 0.170 e. The third-order valence-electron chi connectivity index (χ3n) is 15.3. The summed E-state index contributed by atoms with van der Waals surface area (Å²) >= 11 is 0. The van der Waals surface area contributed by atoms with Crippen LogP contribution in [-0.2, 0) is 18.9 Å². The summed E-state index contributed by atoms with van der Waals surface area (Å²) in [4.78, 5) is 2.52. The molecule has 1 N–H and O–H groups in total. The van der Waals surface area contributed by atoms with Gasteiger partial charge < -0.3 is 24.1 Å². The summed E-state index contributed by atoms with van der Waals surface area (Å²) in [5.74, 6) is 2.40. The molecule has 0 aromatic rings. The molecular formula is C36H58N2O5. The van der Waals surface area contributed by atoms with Crippen LogP contribution < -0.4 is 0 Å². The van der Waals surface area contributed by atoms with Crippen LogP contribution in [0, 0.1) is 62.6 Å². The van der Waals surface area contributed by atoms with E-state index in [2.05, 4.69) is 31.7 Å². The second-order valence-corrected chi connectivity index (χ2v) is 17.7. The molecule has 12 atom stereocenters. The molecular weight excluding hydrogens is 540 g/mol. The number of aliphatic hydroxyl groups is 1. The standard InChI is InChI=1S/C36H56N2O5.H2/c1-32(2)29-9-7-23-25-16-28-24(6-8-27(42-28)26(17-37)33(3,4)39)34(25,5)12-13-35(23)21-36(29,35)11-10-30(32)43-31-18-38(14-15-41-31)22-19-40-20-22;/h22-31,39H,6-16,18-21H2,1-5H3;1H/t23?,24?,25?,26-,27?,28?,29?,30-,31?,34?,35-,36?;/m0./s1. The van der Waals surface area contributed by atoms with Crippen molar-refractivity contribution < 1.29 is 25.5 Å². The van der Waals surface area contributed by atoms with E-state index in [0.717, 1.165) is 76.3 Å². The highest BCUT2D eigenvalue weighted by molar-refractivity contribution is 5.29. The van der Waals surface area contributed by atoms with Gasteiger partial charge >= 0.3 is 0 Å². The molecule has 0 bridgehead atoms. The van der Waals surface area contributed by atoms with Gasteiger partial charge in [-0.05, 0) is 123 Å². The Bertz CT molecular complexity index is 1150. The molecule has 2 spiro atoms. The van der Waals surface area contributed by atoms with Gasteiger partial charge in [0.2, 0.25) is 0 Å². The molecule has 8 aliphatic rings. The number of hydrogen-bond donors (Lipinski definition) is 1. The minimum atomic E-state index is -1.03. The van der Waals surface area contributed by atoms with E-state index in [1.54, 1.807) is 13.8 Å². The van der Waals surface area contributed by atoms with Crippen molar-refractivity contribution in [2.75, 3.05) is 32.9 Å². The highest BCUT2D eigenvalue weighted by Gasteiger charge is 2.80. The van der Waals surface area contributed by atoms with E-state index >= 15 is 0 Å². The Labute approximate surface area is 260 Å². The average molecular weight is 599 g/mol. The highest BCUT2D eigenvalue weighted by Crippen LogP contribution is 2.87. The first-order chi connectivity index (χ1) is 20.4. The summed E-state index contributed by atoms with van der Waals surface area (Å²) in [6.45, 7) is 15.5. The average Bonchev–Trinajstić information content (AvgIpc) is 3.49. The molecule has 7 nitrogen and oxygen atoms in total. The van der Waals surface area contributed by atoms with Crippen LogP contribution in [-0.4, -0.2) is 79.2 Å². The third-order valence-corrected chi connectivity index (χ3v) is 15.3. The number of fused-ring (bicyclic) bond motifs is 4. The largest absolute Gasteiger partial charge is 0.389 e. The van der Waals surface area contributed by atoms with E-state index in [9.17, 15) is 10.4 Å². The lowest BCUT2D eigenvalue weighted by Gasteiger charge is -2.60. The number of rotatable bonds is 5. The molecule has 0 amide bonds. The molecule has 5 saturated carbocycles. The quantitative estimate of drug-likeness (QED) is 0.429. The van der Waals surface area contributed by atoms with Crippen LogP contribution in [0.1, 0.15) is 100 Å². The maximum absolute atomic E-state index is 10.7. The second kappa shape index (κ2) is 9.88. The van der Waals surface area contributed by atoms with Crippen LogP contribution in [0.3, 0.4) is 0 Å². The molecule has 3 heterocycles. The smallest absolute Gasteiger partial charge is 0.170 e. The van der Waals surface area contributed by atoms with Gasteiger partial charge in [0.25, 0.3) is 0 Å². The highest BCUT2D eigenvalue weighted by atomic mass is 16.7. The van der Waals surface area contributed by atoms with Gasteiger partial charge in [-0.25, -0.2) is 0 Å². The fourth-order valence-corrected chi connectivity index (χ4v) is 13.1. The molecule has 8 fully saturated rings. The summed E-state index contributed by atoms with van der Waals surface area (Å²) in [5.41, 5.74) is 0.480. The van der Waals surface area contributed by atoms with Crippen molar-refractivity contribution in [3.05, 3.63) is 0 Å². The van der Waals surface area contributed by atoms with Crippen LogP contribution in [0.5, 0.6) is 0 Å². The van der Waals surface area contributed by atoms with Crippen molar-refractivity contribution in [2.45, 2.75) is 135 Å². The predicted molar refractivity (Wildman–Crippen MR) is 164 cm³/mol. The fraction of sp³-hybridized carbons (Fsp3) is 0.972. The SMILES string of the molecule is CC12CC[C@@]34CC35CC[C@H](OC3CN(C6COC6)CCO3)C(C)(C)C5CCC4C1CC1OC([C@H](C#N)C(C)(C)O)CCC12.[HH]. The molecule has 43 heavy (non-hydrogen) atoms. The van der Waals surface area contributed by atoms with Gasteiger partial charge in [0, 0.05) is 7.97 Å². The van der Waals surface area contributed by atoms with Crippen molar-refractivity contribution in [1.82, 2.24) is 4.90 Å². The Hall–Kier alpha value is -0.750. The Balaban J connectivity index is 0.00000312. The van der Waals surface area contributed by atoms with Crippen LogP contribution in [0.4, 0.5) is 0 Å². The maximum atomic E-state index is 10.7. The molecule has 8 rings (SSSR count). The summed E-state index contributed by atoms with van der Waals surface area (Å²) < 4.78 is 25.3. The number of ether oxygens (including phenoxy) is 4. The molecule has 9 unspecified atom stereocenters. The van der Waals surface area contributed by atoms with Crippen molar-refractivity contribution in [3.63, 3.8) is 0 Å². The first-order valence-electron chi connectivity index (χ1n) is 17.8. The van der Waals surface area contributed by atoms with E-state index in [-0.39, 0.29) is 31.4 Å². The first-order valence-corrected chi connectivity index (χ1v) is 17.8. The van der Waals surface area contributed by atoms with Crippen LogP contribution in [0.15, 0.2) is 0 Å². The van der Waals surface area contributed by atoms with Gasteiger partial charge in [-0.15, -0.1) is 0 Å². The Morgan fingerprint density at radius 1 is 1.00 bits per heavy atom. The van der Waals surface area contributed by atoms with Crippen LogP contribution in [0.25, 0.3) is 0 Å². The lowest BCUT2D eigenvalue weighted by Crippen LogP contribution is -2.58. The van der Waals surface area contributed by atoms with Crippen molar-refractivity contribution in [2.24, 2.45) is 51.2 Å². The minimum Gasteiger partial charge on any atom is -0.389 e. The van der Waals surface area contributed by atoms with Crippen LogP contribution >= 0.6 is 0 Å². The molecule has 7 heteroatoms.